The predicted octanol–water partition coefficient (Wildman–Crippen LogP) is 4.88. The zero-order chi connectivity index (χ0) is 21.3. The lowest BCUT2D eigenvalue weighted by Crippen LogP contribution is -2.30. The van der Waals surface area contributed by atoms with E-state index in [1.807, 2.05) is 36.4 Å². The molecule has 8 heteroatoms. The quantitative estimate of drug-likeness (QED) is 0.375. The molecule has 0 bridgehead atoms. The summed E-state index contributed by atoms with van der Waals surface area (Å²) in [6, 6.07) is 18.7. The summed E-state index contributed by atoms with van der Waals surface area (Å²) in [5.74, 6) is 0.636. The number of hydrogen-bond donors (Lipinski definition) is 2. The predicted molar refractivity (Wildman–Crippen MR) is 128 cm³/mol. The van der Waals surface area contributed by atoms with Crippen molar-refractivity contribution >= 4 is 43.9 Å². The van der Waals surface area contributed by atoms with Gasteiger partial charge in [-0.25, -0.2) is 8.42 Å². The molecular weight excluding hydrogens is 446 g/mol. The van der Waals surface area contributed by atoms with Gasteiger partial charge in [-0.2, -0.15) is 5.10 Å². The largest absolute Gasteiger partial charge is 0.492 e. The molecule has 6 nitrogen and oxygen atoms in total. The Bertz CT molecular complexity index is 1330. The molecule has 0 saturated heterocycles. The lowest BCUT2D eigenvalue weighted by atomic mass is 10.1. The molecule has 4 aromatic rings. The molecule has 1 aromatic heterocycles. The van der Waals surface area contributed by atoms with Gasteiger partial charge in [0.1, 0.15) is 12.4 Å². The van der Waals surface area contributed by atoms with Crippen LogP contribution in [0.25, 0.3) is 21.7 Å². The van der Waals surface area contributed by atoms with Crippen LogP contribution in [0, 0.1) is 0 Å². The number of fused-ring (bicyclic) bond motifs is 2. The summed E-state index contributed by atoms with van der Waals surface area (Å²) in [6.45, 7) is 1.31. The highest BCUT2D eigenvalue weighted by Gasteiger charge is 2.25. The van der Waals surface area contributed by atoms with Crippen LogP contribution >= 0.6 is 12.4 Å². The Labute approximate surface area is 193 Å². The molecule has 0 aliphatic heterocycles. The SMILES string of the molecule is Cl.O=S(=O)(c1cccc2ccccc12)c1[nH]nc2ccc(OCCNC3CCCC3)cc12. The fourth-order valence-corrected chi connectivity index (χ4v) is 5.93. The third kappa shape index (κ3) is 4.33. The van der Waals surface area contributed by atoms with E-state index in [0.717, 1.165) is 11.9 Å². The van der Waals surface area contributed by atoms with Gasteiger partial charge in [0.25, 0.3) is 0 Å². The number of hydrogen-bond acceptors (Lipinski definition) is 5. The molecule has 1 fully saturated rings. The number of benzene rings is 3. The second-order valence-electron chi connectivity index (χ2n) is 8.00. The highest BCUT2D eigenvalue weighted by atomic mass is 35.5. The van der Waals surface area contributed by atoms with Crippen LogP contribution in [0.2, 0.25) is 0 Å². The zero-order valence-electron chi connectivity index (χ0n) is 17.6. The zero-order valence-corrected chi connectivity index (χ0v) is 19.2. The normalized spacial score (nSPS) is 14.6. The summed E-state index contributed by atoms with van der Waals surface area (Å²) in [5, 5.41) is 12.7. The number of nitrogens with one attached hydrogen (secondary N) is 2. The van der Waals surface area contributed by atoms with Crippen LogP contribution < -0.4 is 10.1 Å². The summed E-state index contributed by atoms with van der Waals surface area (Å²) in [6.07, 6.45) is 5.06. The van der Waals surface area contributed by atoms with Gasteiger partial charge in [0.2, 0.25) is 9.84 Å². The van der Waals surface area contributed by atoms with Gasteiger partial charge in [0.05, 0.1) is 10.4 Å². The van der Waals surface area contributed by atoms with Gasteiger partial charge in [0, 0.05) is 23.4 Å². The molecule has 168 valence electrons. The Hall–Kier alpha value is -2.61. The van der Waals surface area contributed by atoms with Crippen molar-refractivity contribution < 1.29 is 13.2 Å². The molecule has 2 N–H and O–H groups in total. The summed E-state index contributed by atoms with van der Waals surface area (Å²) >= 11 is 0. The average molecular weight is 472 g/mol. The van der Waals surface area contributed by atoms with Gasteiger partial charge in [-0.3, -0.25) is 5.10 Å². The van der Waals surface area contributed by atoms with Gasteiger partial charge in [-0.05, 0) is 42.5 Å². The van der Waals surface area contributed by atoms with Crippen molar-refractivity contribution in [2.45, 2.75) is 41.6 Å². The monoisotopic (exact) mass is 471 g/mol. The molecule has 1 aliphatic carbocycles. The third-order valence-electron chi connectivity index (χ3n) is 5.96. The minimum Gasteiger partial charge on any atom is -0.492 e. The number of ether oxygens (including phenoxy) is 1. The van der Waals surface area contributed by atoms with Crippen LogP contribution in [0.3, 0.4) is 0 Å². The van der Waals surface area contributed by atoms with Crippen LogP contribution in [0.4, 0.5) is 0 Å². The van der Waals surface area contributed by atoms with Crippen molar-refractivity contribution in [1.82, 2.24) is 15.5 Å². The van der Waals surface area contributed by atoms with Crippen LogP contribution in [0.15, 0.2) is 70.6 Å². The maximum Gasteiger partial charge on any atom is 0.224 e. The van der Waals surface area contributed by atoms with E-state index >= 15 is 0 Å². The number of nitrogens with zero attached hydrogens (tertiary/aromatic N) is 1. The molecule has 5 rings (SSSR count). The minimum absolute atomic E-state index is 0. The number of H-pyrrole nitrogens is 1. The molecule has 1 saturated carbocycles. The topological polar surface area (TPSA) is 84.1 Å². The van der Waals surface area contributed by atoms with E-state index in [2.05, 4.69) is 15.5 Å². The Morgan fingerprint density at radius 3 is 2.62 bits per heavy atom. The van der Waals surface area contributed by atoms with Gasteiger partial charge in [-0.15, -0.1) is 12.4 Å². The smallest absolute Gasteiger partial charge is 0.224 e. The first kappa shape index (κ1) is 22.6. The molecule has 0 amide bonds. The average Bonchev–Trinajstić information content (AvgIpc) is 3.46. The van der Waals surface area contributed by atoms with Crippen LogP contribution in [-0.4, -0.2) is 37.8 Å². The highest BCUT2D eigenvalue weighted by molar-refractivity contribution is 7.91. The number of rotatable bonds is 7. The van der Waals surface area contributed by atoms with E-state index in [1.165, 1.54) is 25.7 Å². The number of aromatic amines is 1. The maximum absolute atomic E-state index is 13.5. The number of halogens is 1. The van der Waals surface area contributed by atoms with E-state index in [0.29, 0.717) is 34.7 Å². The minimum atomic E-state index is -3.79. The molecule has 1 aliphatic rings. The van der Waals surface area contributed by atoms with E-state index in [9.17, 15) is 8.42 Å². The molecule has 0 unspecified atom stereocenters. The van der Waals surface area contributed by atoms with Crippen molar-refractivity contribution in [2.24, 2.45) is 0 Å². The third-order valence-corrected chi connectivity index (χ3v) is 7.74. The van der Waals surface area contributed by atoms with Crippen molar-refractivity contribution in [3.63, 3.8) is 0 Å². The summed E-state index contributed by atoms with van der Waals surface area (Å²) in [5.41, 5.74) is 0.593. The van der Waals surface area contributed by atoms with Crippen molar-refractivity contribution in [3.05, 3.63) is 60.7 Å². The molecule has 0 atom stereocenters. The summed E-state index contributed by atoms with van der Waals surface area (Å²) < 4.78 is 32.9. The number of sulfone groups is 1. The Balaban J connectivity index is 0.00000245. The molecule has 32 heavy (non-hydrogen) atoms. The summed E-state index contributed by atoms with van der Waals surface area (Å²) in [7, 11) is -3.79. The standard InChI is InChI=1S/C24H25N3O3S.ClH/c28-31(29,23-11-5-7-17-6-1-4-10-20(17)23)24-21-16-19(12-13-22(21)26-27-24)30-15-14-25-18-8-2-3-9-18;/h1,4-7,10-13,16,18,25H,2-3,8-9,14-15H2,(H,26,27);1H. The first-order chi connectivity index (χ1) is 15.1. The van der Waals surface area contributed by atoms with Crippen LogP contribution in [0.1, 0.15) is 25.7 Å². The van der Waals surface area contributed by atoms with E-state index in [4.69, 9.17) is 4.74 Å². The fraction of sp³-hybridized carbons (Fsp3) is 0.292. The Morgan fingerprint density at radius 1 is 1.00 bits per heavy atom. The lowest BCUT2D eigenvalue weighted by Gasteiger charge is -2.12. The van der Waals surface area contributed by atoms with Crippen LogP contribution in [0.5, 0.6) is 5.75 Å². The molecule has 0 spiro atoms. The second kappa shape index (κ2) is 9.48. The maximum atomic E-state index is 13.5. The van der Waals surface area contributed by atoms with E-state index in [1.54, 1.807) is 24.3 Å². The molecular formula is C24H26ClN3O3S. The van der Waals surface area contributed by atoms with Gasteiger partial charge in [-0.1, -0.05) is 49.2 Å². The van der Waals surface area contributed by atoms with Gasteiger partial charge < -0.3 is 10.1 Å². The van der Waals surface area contributed by atoms with E-state index in [-0.39, 0.29) is 22.3 Å². The fourth-order valence-electron chi connectivity index (χ4n) is 4.36. The van der Waals surface area contributed by atoms with Crippen molar-refractivity contribution in [1.29, 1.82) is 0 Å². The van der Waals surface area contributed by atoms with Crippen molar-refractivity contribution in [2.75, 3.05) is 13.2 Å². The summed E-state index contributed by atoms with van der Waals surface area (Å²) in [4.78, 5) is 0.267. The number of aromatic nitrogens is 2. The first-order valence-electron chi connectivity index (χ1n) is 10.7. The van der Waals surface area contributed by atoms with Gasteiger partial charge in [0.15, 0.2) is 5.03 Å². The Morgan fingerprint density at radius 2 is 1.78 bits per heavy atom. The second-order valence-corrected chi connectivity index (χ2v) is 9.85. The molecule has 1 heterocycles. The highest BCUT2D eigenvalue weighted by Crippen LogP contribution is 2.32. The van der Waals surface area contributed by atoms with E-state index < -0.39 is 9.84 Å². The van der Waals surface area contributed by atoms with Crippen LogP contribution in [-0.2, 0) is 9.84 Å². The first-order valence-corrected chi connectivity index (χ1v) is 12.2. The van der Waals surface area contributed by atoms with Gasteiger partial charge >= 0.3 is 0 Å². The lowest BCUT2D eigenvalue weighted by molar-refractivity contribution is 0.305. The molecule has 3 aromatic carbocycles. The van der Waals surface area contributed by atoms with Crippen molar-refractivity contribution in [3.8, 4) is 5.75 Å². The Kier molecular flexibility index (Phi) is 6.69. The molecule has 0 radical (unpaired) electrons.